The second-order valence-electron chi connectivity index (χ2n) is 26.6. The average Bonchev–Trinajstić information content (AvgIpc) is 0.886. The Hall–Kier alpha value is -15.6. The van der Waals surface area contributed by atoms with Crippen molar-refractivity contribution in [3.63, 3.8) is 0 Å². The van der Waals surface area contributed by atoms with Crippen LogP contribution in [0.3, 0.4) is 0 Å². The van der Waals surface area contributed by atoms with E-state index in [1.165, 1.54) is 94.6 Å². The number of hydrogen-bond donors (Lipinski definition) is 10. The van der Waals surface area contributed by atoms with E-state index in [4.69, 9.17) is 35.5 Å². The molecule has 0 aliphatic carbocycles. The van der Waals surface area contributed by atoms with Crippen LogP contribution in [0.15, 0.2) is 232 Å². The zero-order valence-electron chi connectivity index (χ0n) is 65.7. The summed E-state index contributed by atoms with van der Waals surface area (Å²) in [6.07, 6.45) is 1.80. The highest BCUT2D eigenvalue weighted by atomic mass is 16.5. The number of carboxylic acids is 5. The van der Waals surface area contributed by atoms with E-state index in [-0.39, 0.29) is 146 Å². The number of amides is 2. The molecule has 119 heavy (non-hydrogen) atoms. The molecule has 10 aromatic carbocycles. The minimum atomic E-state index is -1.18. The zero-order chi connectivity index (χ0) is 87.9. The summed E-state index contributed by atoms with van der Waals surface area (Å²) >= 11 is 0. The number of carbonyl (C=O) groups is 13. The third-order valence-electron chi connectivity index (χ3n) is 18.3. The number of carboxylic acid groups (broad SMARTS) is 5. The molecule has 0 radical (unpaired) electrons. The SMILES string of the molecule is C=C(O)c1ccc(CCC(=O)c2ccccc2C(=O)O)cc1C.C=C(O)c1ccc(CCC(=O)c2ccccc2C(=O)O)cc1C(C)=O.C=C(O)c1ccc(CCC(=O)c2ccccc2C(=O)O)cc1OC.CC(=O)c1ccc(CNC(=O)c2ccccc2C(=O)O)c(C)c1.CC(=O)c1ccccc1C(=O)NCc1ccc(C(=O)O)c(C#N)c1. The van der Waals surface area contributed by atoms with E-state index in [9.17, 15) is 77.6 Å². The molecule has 0 spiro atoms. The number of benzene rings is 10. The Morgan fingerprint density at radius 1 is 0.336 bits per heavy atom. The number of nitriles is 1. The molecule has 0 bridgehead atoms. The van der Waals surface area contributed by atoms with Crippen LogP contribution in [-0.4, -0.2) is 124 Å². The summed E-state index contributed by atoms with van der Waals surface area (Å²) < 4.78 is 5.21. The summed E-state index contributed by atoms with van der Waals surface area (Å²) in [6, 6.07) is 58.0. The average molecular weight is 1610 g/mol. The lowest BCUT2D eigenvalue weighted by Crippen LogP contribution is -2.25. The number of carbonyl (C=O) groups excluding carboxylic acids is 8. The second-order valence-corrected chi connectivity index (χ2v) is 26.6. The van der Waals surface area contributed by atoms with Crippen molar-refractivity contribution in [3.8, 4) is 11.8 Å². The van der Waals surface area contributed by atoms with Gasteiger partial charge in [0.1, 0.15) is 29.1 Å². The van der Waals surface area contributed by atoms with E-state index in [1.54, 1.807) is 133 Å². The van der Waals surface area contributed by atoms with Crippen molar-refractivity contribution < 1.29 is 108 Å². The molecule has 0 aliphatic rings. The van der Waals surface area contributed by atoms with Gasteiger partial charge < -0.3 is 56.2 Å². The number of hydrogen-bond acceptors (Lipinski definition) is 18. The molecule has 10 N–H and O–H groups in total. The highest BCUT2D eigenvalue weighted by Crippen LogP contribution is 2.28. The third kappa shape index (κ3) is 26.5. The van der Waals surface area contributed by atoms with Crippen LogP contribution in [0.4, 0.5) is 0 Å². The molecule has 0 fully saturated rings. The highest BCUT2D eigenvalue weighted by Gasteiger charge is 2.23. The smallest absolute Gasteiger partial charge is 0.337 e. The van der Waals surface area contributed by atoms with Crippen molar-refractivity contribution in [3.05, 3.63) is 366 Å². The first-order chi connectivity index (χ1) is 56.5. The Morgan fingerprint density at radius 3 is 1.06 bits per heavy atom. The number of aromatic carboxylic acids is 5. The van der Waals surface area contributed by atoms with Gasteiger partial charge in [-0.25, -0.2) is 24.0 Å². The number of ether oxygens (including phenoxy) is 1. The van der Waals surface area contributed by atoms with Crippen LogP contribution in [0.5, 0.6) is 5.75 Å². The van der Waals surface area contributed by atoms with E-state index in [1.807, 2.05) is 32.0 Å². The van der Waals surface area contributed by atoms with Gasteiger partial charge in [-0.15, -0.1) is 0 Å². The van der Waals surface area contributed by atoms with Gasteiger partial charge in [-0.2, -0.15) is 5.26 Å². The van der Waals surface area contributed by atoms with Crippen molar-refractivity contribution in [2.24, 2.45) is 0 Å². The molecule has 0 aromatic heterocycles. The lowest BCUT2D eigenvalue weighted by atomic mass is 9.95. The maximum absolute atomic E-state index is 12.4. The molecular weight excluding hydrogens is 1520 g/mol. The summed E-state index contributed by atoms with van der Waals surface area (Å²) in [5.41, 5.74) is 9.51. The standard InChI is InChI=1S/C20H18O5.C19H18O5.C19H18O4.C18H14N2O4.C18H17NO4/c1-12(21)15-9-7-14(11-18(15)13(2)22)8-10-19(23)16-5-3-4-6-17(16)20(24)25;1-12(20)14-9-7-13(11-18(14)24-2)8-10-17(21)15-5-3-4-6-16(15)19(22)23;1-12-11-14(7-9-15(12)13(2)20)8-10-18(21)16-5-3-4-6-17(16)19(22)23;1-11(21)14-4-2-3-5-16(14)17(22)20-10-12-6-7-15(18(23)24)13(8-12)9-19;1-11-9-13(12(2)20)7-8-14(11)10-19-17(21)15-5-3-4-6-16(15)18(22)23/h3-7,9,11,21H,1,8,10H2,2H3,(H,24,25);3-7,9,11,20H,1,8,10H2,2H3,(H,22,23);3-7,9,11,20H,2,8,10H2,1H3,(H,22,23);2-8H,10H2,1H3,(H,20,22)(H,23,24);3-9H,10H2,1-2H3,(H,19,21)(H,22,23). The molecule has 0 saturated carbocycles. The summed E-state index contributed by atoms with van der Waals surface area (Å²) in [5, 5.41) is 88.4. The molecule has 10 aromatic rings. The van der Waals surface area contributed by atoms with Gasteiger partial charge >= 0.3 is 29.8 Å². The van der Waals surface area contributed by atoms with E-state index >= 15 is 0 Å². The van der Waals surface area contributed by atoms with Gasteiger partial charge in [-0.05, 0) is 166 Å². The molecule has 25 nitrogen and oxygen atoms in total. The molecule has 0 heterocycles. The van der Waals surface area contributed by atoms with Crippen molar-refractivity contribution >= 4 is 93.6 Å². The summed E-state index contributed by atoms with van der Waals surface area (Å²) in [7, 11) is 1.49. The number of aliphatic hydroxyl groups is 3. The molecule has 0 atom stereocenters. The van der Waals surface area contributed by atoms with Crippen molar-refractivity contribution in [2.45, 2.75) is 86.2 Å². The predicted octanol–water partition coefficient (Wildman–Crippen LogP) is 16.9. The first-order valence-electron chi connectivity index (χ1n) is 36.5. The van der Waals surface area contributed by atoms with Crippen LogP contribution in [0.25, 0.3) is 17.3 Å². The molecule has 608 valence electrons. The van der Waals surface area contributed by atoms with Crippen LogP contribution < -0.4 is 15.4 Å². The normalized spacial score (nSPS) is 10.2. The fraction of sp³-hybridized carbons (Fsp3) is 0.149. The number of rotatable bonds is 30. The highest BCUT2D eigenvalue weighted by molar-refractivity contribution is 6.09. The minimum Gasteiger partial charge on any atom is -0.508 e. The van der Waals surface area contributed by atoms with Gasteiger partial charge in [0.15, 0.2) is 34.7 Å². The number of aliphatic hydroxyl groups excluding tert-OH is 3. The number of aryl methyl sites for hydroxylation is 5. The topological polar surface area (TPSA) is 441 Å². The second kappa shape index (κ2) is 44.2. The van der Waals surface area contributed by atoms with Gasteiger partial charge in [-0.1, -0.05) is 159 Å². The zero-order valence-corrected chi connectivity index (χ0v) is 65.7. The maximum atomic E-state index is 12.4. The predicted molar refractivity (Wildman–Crippen MR) is 445 cm³/mol. The Kier molecular flexibility index (Phi) is 34.3. The molecule has 0 aliphatic heterocycles. The third-order valence-corrected chi connectivity index (χ3v) is 18.3. The fourth-order valence-corrected chi connectivity index (χ4v) is 12.0. The van der Waals surface area contributed by atoms with Gasteiger partial charge in [0.25, 0.3) is 11.8 Å². The number of nitrogens with one attached hydrogen (secondary N) is 2. The largest absolute Gasteiger partial charge is 0.508 e. The van der Waals surface area contributed by atoms with Crippen molar-refractivity contribution in [2.75, 3.05) is 7.11 Å². The number of ketones is 6. The number of methoxy groups -OCH3 is 1. The van der Waals surface area contributed by atoms with Crippen molar-refractivity contribution in [1.82, 2.24) is 10.6 Å². The summed E-state index contributed by atoms with van der Waals surface area (Å²) in [4.78, 5) is 152. The van der Waals surface area contributed by atoms with E-state index in [0.717, 1.165) is 33.4 Å². The Balaban J connectivity index is 0.000000231. The van der Waals surface area contributed by atoms with E-state index in [0.29, 0.717) is 64.0 Å². The van der Waals surface area contributed by atoms with Crippen LogP contribution >= 0.6 is 0 Å². The van der Waals surface area contributed by atoms with Gasteiger partial charge in [0.05, 0.1) is 57.2 Å². The van der Waals surface area contributed by atoms with Gasteiger partial charge in [0, 0.05) is 76.9 Å². The lowest BCUT2D eigenvalue weighted by Gasteiger charge is -2.10. The van der Waals surface area contributed by atoms with E-state index in [2.05, 4.69) is 30.4 Å². The van der Waals surface area contributed by atoms with Crippen LogP contribution in [-0.2, 0) is 32.4 Å². The lowest BCUT2D eigenvalue weighted by molar-refractivity contribution is 0.0682. The van der Waals surface area contributed by atoms with Gasteiger partial charge in [-0.3, -0.25) is 38.4 Å². The molecule has 2 amide bonds. The Bertz CT molecular complexity index is 5680. The molecule has 25 heteroatoms. The molecule has 0 saturated heterocycles. The number of nitrogens with zero attached hydrogens (tertiary/aromatic N) is 1. The summed E-state index contributed by atoms with van der Waals surface area (Å²) in [6.45, 7) is 18.8. The fourth-order valence-electron chi connectivity index (χ4n) is 12.0. The molecule has 10 rings (SSSR count). The first-order valence-corrected chi connectivity index (χ1v) is 36.5. The minimum absolute atomic E-state index is 0.00649. The quantitative estimate of drug-likeness (QED) is 0.0148. The summed E-state index contributed by atoms with van der Waals surface area (Å²) in [5.74, 6) is -7.50. The van der Waals surface area contributed by atoms with Crippen LogP contribution in [0, 0.1) is 25.2 Å². The molecular formula is C94H85N3O22. The Morgan fingerprint density at radius 2 is 0.681 bits per heavy atom. The van der Waals surface area contributed by atoms with Crippen molar-refractivity contribution in [1.29, 1.82) is 5.26 Å². The van der Waals surface area contributed by atoms with Crippen LogP contribution in [0.2, 0.25) is 0 Å². The van der Waals surface area contributed by atoms with Crippen LogP contribution in [0.1, 0.15) is 236 Å². The van der Waals surface area contributed by atoms with E-state index < -0.39 is 41.7 Å². The Labute approximate surface area is 684 Å². The maximum Gasteiger partial charge on any atom is 0.337 e. The van der Waals surface area contributed by atoms with Gasteiger partial charge in [0.2, 0.25) is 0 Å². The number of Topliss-reactive ketones (excluding diaryl/α,β-unsaturated/α-hetero) is 6. The first kappa shape index (κ1) is 92.3. The molecule has 0 unspecified atom stereocenters. The monoisotopic (exact) mass is 1610 g/mol.